The van der Waals surface area contributed by atoms with Gasteiger partial charge >= 0.3 is 0 Å². The van der Waals surface area contributed by atoms with Crippen LogP contribution in [-0.4, -0.2) is 18.2 Å². The summed E-state index contributed by atoms with van der Waals surface area (Å²) < 4.78 is 11.2. The van der Waals surface area contributed by atoms with E-state index in [0.717, 1.165) is 28.8 Å². The first-order chi connectivity index (χ1) is 9.92. The van der Waals surface area contributed by atoms with Gasteiger partial charge in [0.15, 0.2) is 0 Å². The number of ether oxygens (including phenoxy) is 2. The Labute approximate surface area is 131 Å². The van der Waals surface area contributed by atoms with Crippen LogP contribution in [-0.2, 0) is 6.42 Å². The number of benzene rings is 1. The number of methoxy groups -OCH3 is 1. The standard InChI is InChI=1S/C17H22ClNO2/c1-10(2)8-12-9-15(21-11(3)4)13-6-7-14(20-5)16(18)17(13)19-12/h6-7,9-11H,8H2,1-5H3. The molecular formula is C17H22ClNO2. The van der Waals surface area contributed by atoms with Gasteiger partial charge in [-0.25, -0.2) is 0 Å². The lowest BCUT2D eigenvalue weighted by molar-refractivity contribution is 0.245. The quantitative estimate of drug-likeness (QED) is 0.788. The minimum Gasteiger partial charge on any atom is -0.495 e. The van der Waals surface area contributed by atoms with E-state index in [2.05, 4.69) is 13.8 Å². The van der Waals surface area contributed by atoms with Crippen molar-refractivity contribution in [2.45, 2.75) is 40.2 Å². The second kappa shape index (κ2) is 6.52. The van der Waals surface area contributed by atoms with Crippen molar-refractivity contribution in [1.29, 1.82) is 0 Å². The van der Waals surface area contributed by atoms with Gasteiger partial charge in [-0.05, 0) is 38.3 Å². The molecule has 0 aliphatic heterocycles. The number of aromatic nitrogens is 1. The molecule has 0 radical (unpaired) electrons. The lowest BCUT2D eigenvalue weighted by atomic mass is 10.1. The van der Waals surface area contributed by atoms with E-state index in [0.29, 0.717) is 16.7 Å². The molecular weight excluding hydrogens is 286 g/mol. The van der Waals surface area contributed by atoms with E-state index in [1.807, 2.05) is 32.0 Å². The maximum atomic E-state index is 6.42. The van der Waals surface area contributed by atoms with Crippen molar-refractivity contribution < 1.29 is 9.47 Å². The van der Waals surface area contributed by atoms with Gasteiger partial charge in [0.25, 0.3) is 0 Å². The Balaban J connectivity index is 2.65. The Morgan fingerprint density at radius 3 is 2.43 bits per heavy atom. The van der Waals surface area contributed by atoms with E-state index in [1.54, 1.807) is 7.11 Å². The molecule has 0 N–H and O–H groups in total. The van der Waals surface area contributed by atoms with E-state index in [4.69, 9.17) is 26.1 Å². The zero-order chi connectivity index (χ0) is 15.6. The molecule has 2 aromatic rings. The summed E-state index contributed by atoms with van der Waals surface area (Å²) in [6.07, 6.45) is 0.987. The highest BCUT2D eigenvalue weighted by molar-refractivity contribution is 6.36. The second-order valence-corrected chi connectivity index (χ2v) is 6.23. The van der Waals surface area contributed by atoms with Gasteiger partial charge in [0.2, 0.25) is 0 Å². The number of pyridine rings is 1. The molecule has 3 nitrogen and oxygen atoms in total. The van der Waals surface area contributed by atoms with Crippen LogP contribution in [0.25, 0.3) is 10.9 Å². The van der Waals surface area contributed by atoms with Gasteiger partial charge in [0.1, 0.15) is 16.5 Å². The topological polar surface area (TPSA) is 31.4 Å². The van der Waals surface area contributed by atoms with Crippen molar-refractivity contribution in [3.8, 4) is 11.5 Å². The zero-order valence-electron chi connectivity index (χ0n) is 13.2. The largest absolute Gasteiger partial charge is 0.495 e. The molecule has 4 heteroatoms. The molecule has 1 aromatic carbocycles. The Morgan fingerprint density at radius 2 is 1.86 bits per heavy atom. The Hall–Kier alpha value is -1.48. The molecule has 0 amide bonds. The van der Waals surface area contributed by atoms with E-state index in [1.165, 1.54) is 0 Å². The molecule has 0 spiro atoms. The molecule has 0 aliphatic rings. The minimum absolute atomic E-state index is 0.100. The molecule has 0 atom stereocenters. The monoisotopic (exact) mass is 307 g/mol. The molecule has 114 valence electrons. The van der Waals surface area contributed by atoms with Gasteiger partial charge in [-0.2, -0.15) is 0 Å². The highest BCUT2D eigenvalue weighted by Gasteiger charge is 2.14. The van der Waals surface area contributed by atoms with E-state index >= 15 is 0 Å². The number of rotatable bonds is 5. The maximum absolute atomic E-state index is 6.42. The van der Waals surface area contributed by atoms with Crippen LogP contribution in [0.15, 0.2) is 18.2 Å². The molecule has 0 fully saturated rings. The number of fused-ring (bicyclic) bond motifs is 1. The van der Waals surface area contributed by atoms with Gasteiger partial charge < -0.3 is 9.47 Å². The predicted octanol–water partition coefficient (Wildman–Crippen LogP) is 4.88. The van der Waals surface area contributed by atoms with Crippen LogP contribution in [0.1, 0.15) is 33.4 Å². The van der Waals surface area contributed by atoms with E-state index < -0.39 is 0 Å². The molecule has 1 aromatic heterocycles. The predicted molar refractivity (Wildman–Crippen MR) is 87.6 cm³/mol. The summed E-state index contributed by atoms with van der Waals surface area (Å²) in [6, 6.07) is 5.82. The Bertz CT molecular complexity index is 638. The summed E-state index contributed by atoms with van der Waals surface area (Å²) >= 11 is 6.42. The highest BCUT2D eigenvalue weighted by Crippen LogP contribution is 2.36. The van der Waals surface area contributed by atoms with Crippen molar-refractivity contribution in [2.24, 2.45) is 5.92 Å². The molecule has 0 bridgehead atoms. The Kier molecular flexibility index (Phi) is 4.94. The van der Waals surface area contributed by atoms with E-state index in [9.17, 15) is 0 Å². The number of halogens is 1. The summed E-state index contributed by atoms with van der Waals surface area (Å²) in [5, 5.41) is 1.45. The molecule has 0 saturated carbocycles. The molecule has 0 saturated heterocycles. The van der Waals surface area contributed by atoms with Crippen molar-refractivity contribution in [2.75, 3.05) is 7.11 Å². The minimum atomic E-state index is 0.100. The van der Waals surface area contributed by atoms with Crippen molar-refractivity contribution in [3.05, 3.63) is 28.9 Å². The van der Waals surface area contributed by atoms with Gasteiger partial charge in [0, 0.05) is 17.1 Å². The van der Waals surface area contributed by atoms with Crippen LogP contribution >= 0.6 is 11.6 Å². The molecule has 21 heavy (non-hydrogen) atoms. The third-order valence-electron chi connectivity index (χ3n) is 3.10. The van der Waals surface area contributed by atoms with Gasteiger partial charge in [-0.1, -0.05) is 25.4 Å². The SMILES string of the molecule is COc1ccc2c(OC(C)C)cc(CC(C)C)nc2c1Cl. The zero-order valence-corrected chi connectivity index (χ0v) is 14.0. The fourth-order valence-electron chi connectivity index (χ4n) is 2.29. The van der Waals surface area contributed by atoms with Gasteiger partial charge in [-0.3, -0.25) is 4.98 Å². The summed E-state index contributed by atoms with van der Waals surface area (Å²) in [7, 11) is 1.61. The molecule has 0 aliphatic carbocycles. The van der Waals surface area contributed by atoms with Crippen molar-refractivity contribution in [3.63, 3.8) is 0 Å². The van der Waals surface area contributed by atoms with Crippen molar-refractivity contribution >= 4 is 22.5 Å². The normalized spacial score (nSPS) is 11.4. The molecule has 0 unspecified atom stereocenters. The summed E-state index contributed by atoms with van der Waals surface area (Å²) in [6.45, 7) is 8.36. The van der Waals surface area contributed by atoms with Crippen LogP contribution in [0.5, 0.6) is 11.5 Å². The highest BCUT2D eigenvalue weighted by atomic mass is 35.5. The summed E-state index contributed by atoms with van der Waals surface area (Å²) in [5.41, 5.74) is 1.73. The molecule has 2 rings (SSSR count). The van der Waals surface area contributed by atoms with Crippen molar-refractivity contribution in [1.82, 2.24) is 4.98 Å². The van der Waals surface area contributed by atoms with Crippen LogP contribution < -0.4 is 9.47 Å². The maximum Gasteiger partial charge on any atom is 0.139 e. The van der Waals surface area contributed by atoms with E-state index in [-0.39, 0.29) is 6.10 Å². The average Bonchev–Trinajstić information content (AvgIpc) is 2.38. The smallest absolute Gasteiger partial charge is 0.139 e. The number of hydrogen-bond acceptors (Lipinski definition) is 3. The number of nitrogens with zero attached hydrogens (tertiary/aromatic N) is 1. The number of hydrogen-bond donors (Lipinski definition) is 0. The first kappa shape index (κ1) is 15.9. The summed E-state index contributed by atoms with van der Waals surface area (Å²) in [5.74, 6) is 1.98. The van der Waals surface area contributed by atoms with Crippen LogP contribution in [0.2, 0.25) is 5.02 Å². The van der Waals surface area contributed by atoms with Crippen LogP contribution in [0.4, 0.5) is 0 Å². The third kappa shape index (κ3) is 3.59. The second-order valence-electron chi connectivity index (χ2n) is 5.85. The lowest BCUT2D eigenvalue weighted by Crippen LogP contribution is -2.08. The van der Waals surface area contributed by atoms with Crippen LogP contribution in [0, 0.1) is 5.92 Å². The molecule has 1 heterocycles. The fourth-order valence-corrected chi connectivity index (χ4v) is 2.58. The summed E-state index contributed by atoms with van der Waals surface area (Å²) in [4.78, 5) is 4.70. The first-order valence-electron chi connectivity index (χ1n) is 7.25. The third-order valence-corrected chi connectivity index (χ3v) is 3.46. The average molecular weight is 308 g/mol. The van der Waals surface area contributed by atoms with Gasteiger partial charge in [-0.15, -0.1) is 0 Å². The lowest BCUT2D eigenvalue weighted by Gasteiger charge is -2.16. The Morgan fingerprint density at radius 1 is 1.14 bits per heavy atom. The van der Waals surface area contributed by atoms with Crippen LogP contribution in [0.3, 0.4) is 0 Å². The first-order valence-corrected chi connectivity index (χ1v) is 7.63. The van der Waals surface area contributed by atoms with Gasteiger partial charge in [0.05, 0.1) is 18.7 Å². The fraction of sp³-hybridized carbons (Fsp3) is 0.471.